The zero-order chi connectivity index (χ0) is 22.2. The van der Waals surface area contributed by atoms with Gasteiger partial charge in [-0.05, 0) is 30.3 Å². The van der Waals surface area contributed by atoms with Crippen LogP contribution in [0.3, 0.4) is 0 Å². The fraction of sp³-hybridized carbons (Fsp3) is 0.261. The van der Waals surface area contributed by atoms with Crippen LogP contribution in [0.25, 0.3) is 11.3 Å². The molecule has 0 aliphatic carbocycles. The number of anilines is 3. The van der Waals surface area contributed by atoms with E-state index in [1.54, 1.807) is 23.3 Å². The Morgan fingerprint density at radius 2 is 1.88 bits per heavy atom. The Morgan fingerprint density at radius 3 is 2.67 bits per heavy atom. The molecule has 6 heterocycles. The zero-order valence-electron chi connectivity index (χ0n) is 18.0. The van der Waals surface area contributed by atoms with Crippen LogP contribution in [-0.4, -0.2) is 56.0 Å². The molecule has 2 aliphatic heterocycles. The molecule has 4 aromatic rings. The molecule has 1 fully saturated rings. The van der Waals surface area contributed by atoms with Crippen LogP contribution in [0.2, 0.25) is 0 Å². The second kappa shape index (κ2) is 8.14. The molecule has 10 nitrogen and oxygen atoms in total. The van der Waals surface area contributed by atoms with E-state index in [1.807, 2.05) is 43.6 Å². The summed E-state index contributed by atoms with van der Waals surface area (Å²) in [5.74, 6) is 1.78. The second-order valence-corrected chi connectivity index (χ2v) is 7.86. The van der Waals surface area contributed by atoms with Crippen molar-refractivity contribution in [1.29, 1.82) is 0 Å². The topological polar surface area (TPSA) is 103 Å². The second-order valence-electron chi connectivity index (χ2n) is 7.86. The molecule has 6 rings (SSSR count). The predicted octanol–water partition coefficient (Wildman–Crippen LogP) is 2.73. The number of hydrogen-bond acceptors (Lipinski definition) is 9. The summed E-state index contributed by atoms with van der Waals surface area (Å²) in [6.45, 7) is 2.74. The number of ether oxygens (including phenoxy) is 2. The highest BCUT2D eigenvalue weighted by atomic mass is 16.5. The monoisotopic (exact) mass is 442 g/mol. The normalized spacial score (nSPS) is 17.1. The first-order valence-corrected chi connectivity index (χ1v) is 10.8. The highest BCUT2D eigenvalue weighted by Crippen LogP contribution is 2.46. The summed E-state index contributed by atoms with van der Waals surface area (Å²) >= 11 is 0. The molecule has 0 bridgehead atoms. The molecule has 10 heteroatoms. The molecule has 166 valence electrons. The molecule has 0 radical (unpaired) electrons. The lowest BCUT2D eigenvalue weighted by Gasteiger charge is -2.31. The van der Waals surface area contributed by atoms with Gasteiger partial charge in [0, 0.05) is 56.2 Å². The summed E-state index contributed by atoms with van der Waals surface area (Å²) in [5.41, 5.74) is 4.02. The average Bonchev–Trinajstić information content (AvgIpc) is 3.30. The number of fused-ring (bicyclic) bond motifs is 3. The molecule has 0 aromatic carbocycles. The van der Waals surface area contributed by atoms with Gasteiger partial charge in [0.05, 0.1) is 18.9 Å². The van der Waals surface area contributed by atoms with Crippen molar-refractivity contribution in [1.82, 2.24) is 29.7 Å². The lowest BCUT2D eigenvalue weighted by atomic mass is 10.00. The first kappa shape index (κ1) is 19.6. The van der Waals surface area contributed by atoms with Crippen LogP contribution in [0, 0.1) is 0 Å². The molecule has 2 aliphatic rings. The van der Waals surface area contributed by atoms with Gasteiger partial charge in [-0.3, -0.25) is 14.6 Å². The summed E-state index contributed by atoms with van der Waals surface area (Å²) in [6.07, 6.45) is 6.66. The first-order chi connectivity index (χ1) is 16.3. The Morgan fingerprint density at radius 1 is 1.03 bits per heavy atom. The first-order valence-electron chi connectivity index (χ1n) is 10.8. The molecule has 4 aromatic heterocycles. The number of nitrogens with zero attached hydrogens (tertiary/aromatic N) is 7. The van der Waals surface area contributed by atoms with E-state index in [2.05, 4.69) is 25.3 Å². The quantitative estimate of drug-likeness (QED) is 0.511. The number of nitrogens with one attached hydrogen (secondary N) is 1. The lowest BCUT2D eigenvalue weighted by Crippen LogP contribution is -2.37. The van der Waals surface area contributed by atoms with E-state index >= 15 is 0 Å². The Labute approximate surface area is 190 Å². The van der Waals surface area contributed by atoms with Gasteiger partial charge in [-0.2, -0.15) is 10.1 Å². The largest absolute Gasteiger partial charge is 0.471 e. The zero-order valence-corrected chi connectivity index (χ0v) is 18.0. The van der Waals surface area contributed by atoms with Crippen molar-refractivity contribution in [3.8, 4) is 17.0 Å². The van der Waals surface area contributed by atoms with Crippen molar-refractivity contribution in [3.05, 3.63) is 66.5 Å². The third-order valence-corrected chi connectivity index (χ3v) is 5.67. The minimum Gasteiger partial charge on any atom is -0.471 e. The maximum atomic E-state index is 6.52. The Kier molecular flexibility index (Phi) is 4.84. The van der Waals surface area contributed by atoms with Crippen LogP contribution in [0.5, 0.6) is 5.75 Å². The summed E-state index contributed by atoms with van der Waals surface area (Å²) in [4.78, 5) is 20.7. The third kappa shape index (κ3) is 3.64. The number of rotatable bonds is 4. The molecule has 1 unspecified atom stereocenters. The fourth-order valence-corrected chi connectivity index (χ4v) is 4.07. The number of pyridine rings is 2. The predicted molar refractivity (Wildman–Crippen MR) is 121 cm³/mol. The number of aromatic nitrogens is 6. The molecule has 1 atom stereocenters. The van der Waals surface area contributed by atoms with Gasteiger partial charge in [0.15, 0.2) is 17.7 Å². The maximum Gasteiger partial charge on any atom is 0.228 e. The molecule has 33 heavy (non-hydrogen) atoms. The van der Waals surface area contributed by atoms with E-state index in [0.717, 1.165) is 35.7 Å². The molecule has 0 amide bonds. The Hall–Kier alpha value is -4.05. The minimum absolute atomic E-state index is 0.467. The number of aryl methyl sites for hydroxylation is 1. The van der Waals surface area contributed by atoms with Crippen LogP contribution >= 0.6 is 0 Å². The van der Waals surface area contributed by atoms with E-state index < -0.39 is 6.10 Å². The van der Waals surface area contributed by atoms with Gasteiger partial charge in [-0.15, -0.1) is 0 Å². The van der Waals surface area contributed by atoms with Crippen molar-refractivity contribution in [2.45, 2.75) is 6.10 Å². The summed E-state index contributed by atoms with van der Waals surface area (Å²) in [5, 5.41) is 7.97. The van der Waals surface area contributed by atoms with Crippen molar-refractivity contribution in [2.75, 3.05) is 36.5 Å². The summed E-state index contributed by atoms with van der Waals surface area (Å²) in [7, 11) is 1.88. The average molecular weight is 442 g/mol. The standard InChI is InChI=1S/C23H22N8O2/c1-30-10-6-17(29-30)20-18-16(3-2-7-25-18)19-21(33-20)22(26-15-4-8-24-9-5-15)28-23(27-19)31-11-13-32-14-12-31/h2-10,20H,11-14H2,1H3,(H,24,26,27,28). The van der Waals surface area contributed by atoms with Crippen LogP contribution < -0.4 is 15.0 Å². The summed E-state index contributed by atoms with van der Waals surface area (Å²) in [6, 6.07) is 9.64. The molecule has 1 saturated heterocycles. The Bertz CT molecular complexity index is 1290. The minimum atomic E-state index is -0.467. The molecule has 0 saturated carbocycles. The molecule has 1 N–H and O–H groups in total. The van der Waals surface area contributed by atoms with Gasteiger partial charge in [0.1, 0.15) is 11.4 Å². The van der Waals surface area contributed by atoms with Gasteiger partial charge in [-0.25, -0.2) is 4.98 Å². The highest BCUT2D eigenvalue weighted by molar-refractivity contribution is 5.80. The van der Waals surface area contributed by atoms with E-state index in [9.17, 15) is 0 Å². The third-order valence-electron chi connectivity index (χ3n) is 5.67. The highest BCUT2D eigenvalue weighted by Gasteiger charge is 2.34. The Balaban J connectivity index is 1.52. The fourth-order valence-electron chi connectivity index (χ4n) is 4.07. The molecular formula is C23H22N8O2. The van der Waals surface area contributed by atoms with Gasteiger partial charge >= 0.3 is 0 Å². The lowest BCUT2D eigenvalue weighted by molar-refractivity contribution is 0.122. The van der Waals surface area contributed by atoms with Gasteiger partial charge in [0.25, 0.3) is 0 Å². The number of morpholine rings is 1. The van der Waals surface area contributed by atoms with Crippen molar-refractivity contribution in [2.24, 2.45) is 7.05 Å². The van der Waals surface area contributed by atoms with E-state index in [0.29, 0.717) is 36.4 Å². The molecular weight excluding hydrogens is 420 g/mol. The van der Waals surface area contributed by atoms with Gasteiger partial charge in [-0.1, -0.05) is 0 Å². The van der Waals surface area contributed by atoms with E-state index in [1.165, 1.54) is 0 Å². The molecule has 0 spiro atoms. The van der Waals surface area contributed by atoms with Crippen LogP contribution in [0.4, 0.5) is 17.5 Å². The van der Waals surface area contributed by atoms with Crippen molar-refractivity contribution >= 4 is 17.5 Å². The van der Waals surface area contributed by atoms with Crippen LogP contribution in [-0.2, 0) is 11.8 Å². The smallest absolute Gasteiger partial charge is 0.228 e. The van der Waals surface area contributed by atoms with Crippen LogP contribution in [0.15, 0.2) is 55.1 Å². The van der Waals surface area contributed by atoms with Crippen molar-refractivity contribution in [3.63, 3.8) is 0 Å². The number of hydrogen-bond donors (Lipinski definition) is 1. The SMILES string of the molecule is Cn1ccc(C2Oc3c(Nc4ccncc4)nc(N4CCOCC4)nc3-c3cccnc32)n1. The van der Waals surface area contributed by atoms with Crippen molar-refractivity contribution < 1.29 is 9.47 Å². The van der Waals surface area contributed by atoms with E-state index in [-0.39, 0.29) is 0 Å². The van der Waals surface area contributed by atoms with Crippen LogP contribution in [0.1, 0.15) is 17.5 Å². The van der Waals surface area contributed by atoms with Gasteiger partial charge < -0.3 is 19.7 Å². The maximum absolute atomic E-state index is 6.52. The van der Waals surface area contributed by atoms with Gasteiger partial charge in [0.2, 0.25) is 5.95 Å². The van der Waals surface area contributed by atoms with E-state index in [4.69, 9.17) is 19.4 Å². The summed E-state index contributed by atoms with van der Waals surface area (Å²) < 4.78 is 13.8.